The number of rotatable bonds is 23. The largest absolute Gasteiger partial charge is 0.512 e. The van der Waals surface area contributed by atoms with Gasteiger partial charge in [0.05, 0.1) is 0 Å². The summed E-state index contributed by atoms with van der Waals surface area (Å²) in [5.41, 5.74) is 0. The molecule has 0 amide bonds. The first-order valence-corrected chi connectivity index (χ1v) is 14.8. The second-order valence-electron chi connectivity index (χ2n) is 9.15. The summed E-state index contributed by atoms with van der Waals surface area (Å²) in [5.74, 6) is -0.187. The zero-order valence-electron chi connectivity index (χ0n) is 22.0. The Hall–Kier alpha value is -1.69. The van der Waals surface area contributed by atoms with Gasteiger partial charge in [0.25, 0.3) is 0 Å². The van der Waals surface area contributed by atoms with E-state index in [0.29, 0.717) is 6.42 Å². The summed E-state index contributed by atoms with van der Waals surface area (Å²) in [5, 5.41) is 0. The Bertz CT molecular complexity index is 623. The van der Waals surface area contributed by atoms with Crippen molar-refractivity contribution in [1.29, 1.82) is 0 Å². The number of esters is 1. The lowest BCUT2D eigenvalue weighted by Gasteiger charge is -2.07. The number of hydrogen-bond acceptors (Lipinski definition) is 6. The number of carbonyl (C=O) groups excluding carboxylic acids is 2. The summed E-state index contributed by atoms with van der Waals surface area (Å²) in [6.07, 6.45) is 21.8. The van der Waals surface area contributed by atoms with E-state index in [9.17, 15) is 9.59 Å². The zero-order valence-corrected chi connectivity index (χ0v) is 22.8. The Kier molecular flexibility index (Phi) is 21.5. The number of hydrogen-bond donors (Lipinski definition) is 0. The van der Waals surface area contributed by atoms with Crippen molar-refractivity contribution in [3.8, 4) is 0 Å². The van der Waals surface area contributed by atoms with Crippen LogP contribution in [0.15, 0.2) is 35.2 Å². The molecule has 0 aliphatic heterocycles. The Morgan fingerprint density at radius 1 is 0.629 bits per heavy atom. The number of ether oxygens (including phenoxy) is 3. The summed E-state index contributed by atoms with van der Waals surface area (Å²) in [6, 6.07) is 9.62. The molecule has 0 aliphatic carbocycles. The van der Waals surface area contributed by atoms with Crippen molar-refractivity contribution in [3.05, 3.63) is 30.3 Å². The molecule has 0 radical (unpaired) electrons. The topological polar surface area (TPSA) is 61.8 Å². The van der Waals surface area contributed by atoms with Gasteiger partial charge in [-0.3, -0.25) is 4.79 Å². The normalized spacial score (nSPS) is 10.8. The Morgan fingerprint density at radius 2 is 1.11 bits per heavy atom. The van der Waals surface area contributed by atoms with Crippen LogP contribution in [-0.2, 0) is 19.0 Å². The second kappa shape index (κ2) is 24.0. The highest BCUT2D eigenvalue weighted by Crippen LogP contribution is 2.17. The third kappa shape index (κ3) is 21.3. The van der Waals surface area contributed by atoms with Crippen molar-refractivity contribution < 1.29 is 23.8 Å². The molecule has 0 unspecified atom stereocenters. The van der Waals surface area contributed by atoms with Gasteiger partial charge in [0.2, 0.25) is 6.79 Å². The van der Waals surface area contributed by atoms with Crippen molar-refractivity contribution in [3.63, 3.8) is 0 Å². The van der Waals surface area contributed by atoms with E-state index < -0.39 is 12.9 Å². The fraction of sp³-hybridized carbons (Fsp3) is 0.724. The summed E-state index contributed by atoms with van der Waals surface area (Å²) in [7, 11) is 0. The van der Waals surface area contributed by atoms with Crippen LogP contribution >= 0.6 is 11.8 Å². The molecule has 0 heterocycles. The van der Waals surface area contributed by atoms with Crippen LogP contribution in [-0.4, -0.2) is 24.9 Å². The molecule has 0 N–H and O–H groups in total. The van der Waals surface area contributed by atoms with E-state index in [-0.39, 0.29) is 11.9 Å². The lowest BCUT2D eigenvalue weighted by atomic mass is 10.0. The molecule has 200 valence electrons. The maximum Gasteiger partial charge on any atom is 0.512 e. The molecule has 0 bridgehead atoms. The van der Waals surface area contributed by atoms with Crippen molar-refractivity contribution >= 4 is 23.9 Å². The monoisotopic (exact) mass is 508 g/mol. The number of carbonyl (C=O) groups is 2. The first kappa shape index (κ1) is 31.3. The maximum absolute atomic E-state index is 11.7. The highest BCUT2D eigenvalue weighted by atomic mass is 32.2. The van der Waals surface area contributed by atoms with E-state index in [2.05, 4.69) is 6.92 Å². The van der Waals surface area contributed by atoms with Crippen molar-refractivity contribution in [2.75, 3.05) is 12.7 Å². The molecule has 1 aromatic rings. The smallest absolute Gasteiger partial charge is 0.428 e. The summed E-state index contributed by atoms with van der Waals surface area (Å²) >= 11 is 1.39. The Labute approximate surface area is 218 Å². The van der Waals surface area contributed by atoms with Gasteiger partial charge in [-0.25, -0.2) is 4.79 Å². The molecule has 6 heteroatoms. The molecule has 0 atom stereocenters. The predicted octanol–water partition coefficient (Wildman–Crippen LogP) is 9.43. The molecular formula is C29H48O5S. The third-order valence-corrected chi connectivity index (χ3v) is 6.87. The van der Waals surface area contributed by atoms with Crippen LogP contribution in [0, 0.1) is 0 Å². The van der Waals surface area contributed by atoms with Crippen LogP contribution in [0.4, 0.5) is 4.79 Å². The summed E-state index contributed by atoms with van der Waals surface area (Å²) in [6.45, 7) is 1.88. The average molecular weight is 509 g/mol. The Balaban J connectivity index is 1.77. The van der Waals surface area contributed by atoms with Crippen molar-refractivity contribution in [2.45, 2.75) is 127 Å². The van der Waals surface area contributed by atoms with Crippen LogP contribution in [0.25, 0.3) is 0 Å². The first-order valence-electron chi connectivity index (χ1n) is 13.9. The van der Waals surface area contributed by atoms with E-state index in [1.807, 2.05) is 30.3 Å². The van der Waals surface area contributed by atoms with Crippen LogP contribution in [0.5, 0.6) is 0 Å². The van der Waals surface area contributed by atoms with Gasteiger partial charge >= 0.3 is 12.1 Å². The maximum atomic E-state index is 11.7. The minimum Gasteiger partial charge on any atom is -0.428 e. The van der Waals surface area contributed by atoms with Crippen LogP contribution in [0.3, 0.4) is 0 Å². The summed E-state index contributed by atoms with van der Waals surface area (Å²) in [4.78, 5) is 24.2. The first-order chi connectivity index (χ1) is 17.2. The second-order valence-corrected chi connectivity index (χ2v) is 10.2. The van der Waals surface area contributed by atoms with Gasteiger partial charge in [-0.1, -0.05) is 140 Å². The molecule has 0 saturated carbocycles. The van der Waals surface area contributed by atoms with Crippen LogP contribution < -0.4 is 0 Å². The third-order valence-electron chi connectivity index (χ3n) is 6.03. The minimum atomic E-state index is -0.834. The van der Waals surface area contributed by atoms with Gasteiger partial charge in [-0.15, -0.1) is 0 Å². The van der Waals surface area contributed by atoms with Gasteiger partial charge in [0.15, 0.2) is 0 Å². The van der Waals surface area contributed by atoms with Crippen LogP contribution in [0.1, 0.15) is 122 Å². The standard InChI is InChI=1S/C29H48O5S/c1-2-3-4-5-6-7-8-9-10-11-12-13-14-15-16-17-21-24-28(30)32-25-33-29(31)34-26-35-27-22-19-18-20-23-27/h18-20,22-23H,2-17,21,24-26H2,1H3. The molecular weight excluding hydrogens is 460 g/mol. The van der Waals surface area contributed by atoms with Crippen molar-refractivity contribution in [1.82, 2.24) is 0 Å². The van der Waals surface area contributed by atoms with Gasteiger partial charge < -0.3 is 14.2 Å². The molecule has 1 aromatic carbocycles. The quantitative estimate of drug-likeness (QED) is 0.0635. The van der Waals surface area contributed by atoms with Gasteiger partial charge in [0, 0.05) is 11.3 Å². The van der Waals surface area contributed by atoms with Crippen molar-refractivity contribution in [2.24, 2.45) is 0 Å². The van der Waals surface area contributed by atoms with Gasteiger partial charge in [-0.2, -0.15) is 0 Å². The van der Waals surface area contributed by atoms with E-state index in [1.54, 1.807) is 0 Å². The molecule has 0 fully saturated rings. The molecule has 0 spiro atoms. The van der Waals surface area contributed by atoms with E-state index in [4.69, 9.17) is 14.2 Å². The molecule has 5 nitrogen and oxygen atoms in total. The lowest BCUT2D eigenvalue weighted by Crippen LogP contribution is -2.13. The van der Waals surface area contributed by atoms with E-state index in [0.717, 1.165) is 24.2 Å². The SMILES string of the molecule is CCCCCCCCCCCCCCCCCCCC(=O)OCOC(=O)OCSc1ccccc1. The highest BCUT2D eigenvalue weighted by molar-refractivity contribution is 7.99. The molecule has 35 heavy (non-hydrogen) atoms. The summed E-state index contributed by atoms with van der Waals surface area (Å²) < 4.78 is 14.6. The fourth-order valence-electron chi connectivity index (χ4n) is 3.91. The predicted molar refractivity (Wildman–Crippen MR) is 144 cm³/mol. The average Bonchev–Trinajstić information content (AvgIpc) is 2.86. The number of unbranched alkanes of at least 4 members (excludes halogenated alkanes) is 16. The van der Waals surface area contributed by atoms with Gasteiger partial charge in [0.1, 0.15) is 5.94 Å². The molecule has 1 rings (SSSR count). The lowest BCUT2D eigenvalue weighted by molar-refractivity contribution is -0.153. The molecule has 0 saturated heterocycles. The van der Waals surface area contributed by atoms with E-state index >= 15 is 0 Å². The highest BCUT2D eigenvalue weighted by Gasteiger charge is 2.07. The van der Waals surface area contributed by atoms with E-state index in [1.165, 1.54) is 102 Å². The minimum absolute atomic E-state index is 0.149. The number of thioether (sulfide) groups is 1. The molecule has 0 aliphatic rings. The van der Waals surface area contributed by atoms with Crippen LogP contribution in [0.2, 0.25) is 0 Å². The van der Waals surface area contributed by atoms with Gasteiger partial charge in [-0.05, 0) is 18.6 Å². The molecule has 0 aromatic heterocycles. The number of benzene rings is 1. The Morgan fingerprint density at radius 3 is 1.63 bits per heavy atom. The zero-order chi connectivity index (χ0) is 25.2. The fourth-order valence-corrected chi connectivity index (χ4v) is 4.55.